The minimum absolute atomic E-state index is 0.185. The Balaban J connectivity index is 1.79. The Kier molecular flexibility index (Phi) is 5.71. The van der Waals surface area contributed by atoms with Gasteiger partial charge in [0.2, 0.25) is 0 Å². The lowest BCUT2D eigenvalue weighted by molar-refractivity contribution is 0.184. The highest BCUT2D eigenvalue weighted by atomic mass is 19.1. The molecule has 0 saturated carbocycles. The van der Waals surface area contributed by atoms with Gasteiger partial charge in [-0.05, 0) is 41.8 Å². The van der Waals surface area contributed by atoms with Crippen LogP contribution in [0.2, 0.25) is 0 Å². The van der Waals surface area contributed by atoms with Gasteiger partial charge in [-0.25, -0.2) is 4.39 Å². The van der Waals surface area contributed by atoms with Gasteiger partial charge >= 0.3 is 0 Å². The van der Waals surface area contributed by atoms with E-state index in [1.165, 1.54) is 23.3 Å². The van der Waals surface area contributed by atoms with Crippen LogP contribution in [0.15, 0.2) is 48.5 Å². The highest BCUT2D eigenvalue weighted by molar-refractivity contribution is 5.26. The molecule has 0 radical (unpaired) electrons. The first kappa shape index (κ1) is 14.7. The first-order valence-corrected chi connectivity index (χ1v) is 6.80. The lowest BCUT2D eigenvalue weighted by Crippen LogP contribution is -2.17. The van der Waals surface area contributed by atoms with Gasteiger partial charge in [-0.3, -0.25) is 0 Å². The van der Waals surface area contributed by atoms with E-state index in [9.17, 15) is 4.39 Å². The summed E-state index contributed by atoms with van der Waals surface area (Å²) in [6.07, 6.45) is 0.896. The molecule has 2 rings (SSSR count). The van der Waals surface area contributed by atoms with Gasteiger partial charge in [0.15, 0.2) is 0 Å². The monoisotopic (exact) mass is 273 g/mol. The minimum atomic E-state index is -0.185. The number of benzene rings is 2. The molecule has 0 amide bonds. The molecule has 0 spiro atoms. The molecule has 0 aromatic heterocycles. The zero-order valence-corrected chi connectivity index (χ0v) is 11.7. The first-order valence-electron chi connectivity index (χ1n) is 6.80. The number of hydrogen-bond acceptors (Lipinski definition) is 2. The van der Waals surface area contributed by atoms with E-state index in [-0.39, 0.29) is 5.82 Å². The second-order valence-electron chi connectivity index (χ2n) is 4.75. The molecule has 20 heavy (non-hydrogen) atoms. The predicted octanol–water partition coefficient (Wildman–Crippen LogP) is 3.30. The molecule has 0 aliphatic carbocycles. The van der Waals surface area contributed by atoms with Crippen LogP contribution < -0.4 is 5.32 Å². The van der Waals surface area contributed by atoms with Crippen LogP contribution in [-0.2, 0) is 24.3 Å². The van der Waals surface area contributed by atoms with E-state index in [4.69, 9.17) is 4.74 Å². The van der Waals surface area contributed by atoms with Crippen molar-refractivity contribution in [3.63, 3.8) is 0 Å². The van der Waals surface area contributed by atoms with Crippen LogP contribution in [-0.4, -0.2) is 13.7 Å². The quantitative estimate of drug-likeness (QED) is 0.782. The molecule has 1 N–H and O–H groups in total. The van der Waals surface area contributed by atoms with E-state index < -0.39 is 0 Å². The molecule has 2 aromatic carbocycles. The van der Waals surface area contributed by atoms with Crippen LogP contribution in [0.5, 0.6) is 0 Å². The molecule has 2 aromatic rings. The molecule has 0 saturated heterocycles. The molecule has 0 unspecified atom stereocenters. The third-order valence-corrected chi connectivity index (χ3v) is 3.24. The second-order valence-corrected chi connectivity index (χ2v) is 4.75. The van der Waals surface area contributed by atoms with Crippen LogP contribution in [0, 0.1) is 5.82 Å². The molecule has 0 aliphatic heterocycles. The van der Waals surface area contributed by atoms with Gasteiger partial charge in [0, 0.05) is 13.7 Å². The average molecular weight is 273 g/mol. The van der Waals surface area contributed by atoms with Crippen LogP contribution >= 0.6 is 0 Å². The van der Waals surface area contributed by atoms with Crippen molar-refractivity contribution in [1.82, 2.24) is 5.32 Å². The maximum atomic E-state index is 12.8. The molecular weight excluding hydrogens is 253 g/mol. The van der Waals surface area contributed by atoms with E-state index in [1.807, 2.05) is 24.3 Å². The third kappa shape index (κ3) is 4.44. The zero-order valence-electron chi connectivity index (χ0n) is 11.7. The zero-order chi connectivity index (χ0) is 14.2. The van der Waals surface area contributed by atoms with Crippen molar-refractivity contribution in [3.05, 3.63) is 71.0 Å². The predicted molar refractivity (Wildman–Crippen MR) is 79.0 cm³/mol. The van der Waals surface area contributed by atoms with Crippen LogP contribution in [0.1, 0.15) is 16.7 Å². The number of hydrogen-bond donors (Lipinski definition) is 1. The maximum Gasteiger partial charge on any atom is 0.123 e. The lowest BCUT2D eigenvalue weighted by Gasteiger charge is -2.10. The highest BCUT2D eigenvalue weighted by Gasteiger charge is 2.01. The molecule has 3 heteroatoms. The lowest BCUT2D eigenvalue weighted by atomic mass is 10.1. The summed E-state index contributed by atoms with van der Waals surface area (Å²) in [7, 11) is 1.71. The summed E-state index contributed by atoms with van der Waals surface area (Å²) in [6, 6.07) is 14.9. The van der Waals surface area contributed by atoms with E-state index >= 15 is 0 Å². The largest absolute Gasteiger partial charge is 0.380 e. The SMILES string of the molecule is COCc1ccccc1CNCCc1ccc(F)cc1. The van der Waals surface area contributed by atoms with Crippen molar-refractivity contribution >= 4 is 0 Å². The summed E-state index contributed by atoms with van der Waals surface area (Å²) < 4.78 is 18.0. The van der Waals surface area contributed by atoms with Crippen molar-refractivity contribution in [3.8, 4) is 0 Å². The van der Waals surface area contributed by atoms with Crippen LogP contribution in [0.4, 0.5) is 4.39 Å². The standard InChI is InChI=1S/C17H20FNO/c1-20-13-16-5-3-2-4-15(16)12-19-11-10-14-6-8-17(18)9-7-14/h2-9,19H,10-13H2,1H3. The van der Waals surface area contributed by atoms with Crippen molar-refractivity contribution in [2.24, 2.45) is 0 Å². The minimum Gasteiger partial charge on any atom is -0.380 e. The van der Waals surface area contributed by atoms with E-state index in [0.717, 1.165) is 25.1 Å². The highest BCUT2D eigenvalue weighted by Crippen LogP contribution is 2.09. The van der Waals surface area contributed by atoms with Gasteiger partial charge in [-0.2, -0.15) is 0 Å². The Morgan fingerprint density at radius 2 is 1.70 bits per heavy atom. The molecule has 0 aliphatic rings. The molecule has 0 atom stereocenters. The third-order valence-electron chi connectivity index (χ3n) is 3.24. The Bertz CT molecular complexity index is 525. The summed E-state index contributed by atoms with van der Waals surface area (Å²) in [5, 5.41) is 3.41. The van der Waals surface area contributed by atoms with Crippen LogP contribution in [0.25, 0.3) is 0 Å². The Hall–Kier alpha value is -1.71. The van der Waals surface area contributed by atoms with Gasteiger partial charge in [0.05, 0.1) is 6.61 Å². The molecule has 0 heterocycles. The van der Waals surface area contributed by atoms with Crippen molar-refractivity contribution in [2.75, 3.05) is 13.7 Å². The van der Waals surface area contributed by atoms with E-state index in [1.54, 1.807) is 7.11 Å². The first-order chi connectivity index (χ1) is 9.79. The molecule has 0 fully saturated rings. The van der Waals surface area contributed by atoms with Gasteiger partial charge in [-0.1, -0.05) is 36.4 Å². The summed E-state index contributed by atoms with van der Waals surface area (Å²) in [5.41, 5.74) is 3.61. The number of methoxy groups -OCH3 is 1. The van der Waals surface area contributed by atoms with Crippen molar-refractivity contribution < 1.29 is 9.13 Å². The molecule has 0 bridgehead atoms. The Labute approximate surface area is 119 Å². The number of ether oxygens (including phenoxy) is 1. The summed E-state index contributed by atoms with van der Waals surface area (Å²) >= 11 is 0. The fraction of sp³-hybridized carbons (Fsp3) is 0.294. The fourth-order valence-corrected chi connectivity index (χ4v) is 2.13. The molecule has 106 valence electrons. The average Bonchev–Trinajstić information content (AvgIpc) is 2.47. The number of halogens is 1. The van der Waals surface area contributed by atoms with Crippen LogP contribution in [0.3, 0.4) is 0 Å². The van der Waals surface area contributed by atoms with E-state index in [0.29, 0.717) is 6.61 Å². The second kappa shape index (κ2) is 7.78. The summed E-state index contributed by atoms with van der Waals surface area (Å²) in [5.74, 6) is -0.185. The van der Waals surface area contributed by atoms with Gasteiger partial charge in [-0.15, -0.1) is 0 Å². The maximum absolute atomic E-state index is 12.8. The molecule has 2 nitrogen and oxygen atoms in total. The van der Waals surface area contributed by atoms with Crippen molar-refractivity contribution in [1.29, 1.82) is 0 Å². The Morgan fingerprint density at radius 3 is 2.40 bits per heavy atom. The number of nitrogens with one attached hydrogen (secondary N) is 1. The summed E-state index contributed by atoms with van der Waals surface area (Å²) in [4.78, 5) is 0. The van der Waals surface area contributed by atoms with Crippen molar-refractivity contribution in [2.45, 2.75) is 19.6 Å². The number of rotatable bonds is 7. The smallest absolute Gasteiger partial charge is 0.123 e. The van der Waals surface area contributed by atoms with Gasteiger partial charge < -0.3 is 10.1 Å². The fourth-order valence-electron chi connectivity index (χ4n) is 2.13. The molecular formula is C17H20FNO. The normalized spacial score (nSPS) is 10.7. The van der Waals surface area contributed by atoms with Gasteiger partial charge in [0.1, 0.15) is 5.82 Å². The summed E-state index contributed by atoms with van der Waals surface area (Å²) in [6.45, 7) is 2.32. The van der Waals surface area contributed by atoms with Gasteiger partial charge in [0.25, 0.3) is 0 Å². The topological polar surface area (TPSA) is 21.3 Å². The Morgan fingerprint density at radius 1 is 1.00 bits per heavy atom. The van der Waals surface area contributed by atoms with E-state index in [2.05, 4.69) is 17.4 Å².